The number of benzene rings is 7. The summed E-state index contributed by atoms with van der Waals surface area (Å²) in [4.78, 5) is 10.5. The summed E-state index contributed by atoms with van der Waals surface area (Å²) in [6.45, 7) is 2.12. The predicted molar refractivity (Wildman–Crippen MR) is 212 cm³/mol. The van der Waals surface area contributed by atoms with Gasteiger partial charge in [-0.3, -0.25) is 4.57 Å². The minimum absolute atomic E-state index is 0.653. The van der Waals surface area contributed by atoms with Crippen molar-refractivity contribution in [1.29, 1.82) is 0 Å². The van der Waals surface area contributed by atoms with E-state index in [0.29, 0.717) is 5.95 Å². The largest absolute Gasteiger partial charge is 0.309 e. The molecule has 10 aromatic rings. The number of aryl methyl sites for hydroxylation is 1. The average Bonchev–Trinajstić information content (AvgIpc) is 3.70. The van der Waals surface area contributed by atoms with Gasteiger partial charge < -0.3 is 4.57 Å². The summed E-state index contributed by atoms with van der Waals surface area (Å²) in [5, 5.41) is 4.83. The number of nitrogens with zero attached hydrogens (tertiary/aromatic N) is 4. The minimum Gasteiger partial charge on any atom is -0.309 e. The molecule has 0 atom stereocenters. The molecule has 0 aliphatic heterocycles. The molecule has 240 valence electrons. The van der Waals surface area contributed by atoms with Gasteiger partial charge in [0.2, 0.25) is 5.95 Å². The Labute approximate surface area is 295 Å². The van der Waals surface area contributed by atoms with E-state index in [1.54, 1.807) is 0 Å². The van der Waals surface area contributed by atoms with Gasteiger partial charge in [0.15, 0.2) is 0 Å². The summed E-state index contributed by atoms with van der Waals surface area (Å²) in [5.74, 6) is 0.653. The highest BCUT2D eigenvalue weighted by atomic mass is 15.2. The standard InChI is InChI=1S/C47H32N4/c1-31-13-12-16-35(27-31)42-30-41(32-14-4-2-5-15-32)48-47(49-42)51-44-22-11-9-20-38(44)40-28-33(24-26-45(40)51)34-23-25-39-37-19-8-10-21-43(37)50(46(39)29-34)36-17-6-3-7-18-36/h2-30H,1H3. The van der Waals surface area contributed by atoms with Crippen LogP contribution >= 0.6 is 0 Å². The second kappa shape index (κ2) is 11.7. The van der Waals surface area contributed by atoms with Crippen molar-refractivity contribution >= 4 is 43.6 Å². The van der Waals surface area contributed by atoms with Crippen LogP contribution in [0.5, 0.6) is 0 Å². The second-order valence-corrected chi connectivity index (χ2v) is 13.2. The van der Waals surface area contributed by atoms with Crippen molar-refractivity contribution in [2.24, 2.45) is 0 Å². The first-order valence-corrected chi connectivity index (χ1v) is 17.3. The Kier molecular flexibility index (Phi) is 6.68. The smallest absolute Gasteiger partial charge is 0.235 e. The van der Waals surface area contributed by atoms with Crippen LogP contribution in [0.15, 0.2) is 176 Å². The molecular formula is C47H32N4. The summed E-state index contributed by atoms with van der Waals surface area (Å²) in [7, 11) is 0. The molecule has 51 heavy (non-hydrogen) atoms. The average molecular weight is 653 g/mol. The molecule has 0 radical (unpaired) electrons. The highest BCUT2D eigenvalue weighted by Crippen LogP contribution is 2.38. The fraction of sp³-hybridized carbons (Fsp3) is 0.0213. The van der Waals surface area contributed by atoms with Crippen LogP contribution in [0.1, 0.15) is 5.56 Å². The maximum Gasteiger partial charge on any atom is 0.235 e. The van der Waals surface area contributed by atoms with Crippen molar-refractivity contribution < 1.29 is 0 Å². The third kappa shape index (κ3) is 4.84. The number of aromatic nitrogens is 4. The Morgan fingerprint density at radius 2 is 0.922 bits per heavy atom. The summed E-state index contributed by atoms with van der Waals surface area (Å²) >= 11 is 0. The molecule has 3 heterocycles. The lowest BCUT2D eigenvalue weighted by Crippen LogP contribution is -2.04. The van der Waals surface area contributed by atoms with Crippen LogP contribution in [0.2, 0.25) is 0 Å². The van der Waals surface area contributed by atoms with E-state index in [1.807, 2.05) is 6.07 Å². The first-order valence-electron chi connectivity index (χ1n) is 17.3. The van der Waals surface area contributed by atoms with Gasteiger partial charge in [0.25, 0.3) is 0 Å². The molecule has 0 saturated heterocycles. The van der Waals surface area contributed by atoms with E-state index < -0.39 is 0 Å². The van der Waals surface area contributed by atoms with Gasteiger partial charge in [0.1, 0.15) is 0 Å². The fourth-order valence-corrected chi connectivity index (χ4v) is 7.62. The highest BCUT2D eigenvalue weighted by Gasteiger charge is 2.18. The number of rotatable bonds is 5. The third-order valence-electron chi connectivity index (χ3n) is 9.99. The molecule has 10 rings (SSSR count). The lowest BCUT2D eigenvalue weighted by molar-refractivity contribution is 0.995. The minimum atomic E-state index is 0.653. The molecule has 0 amide bonds. The first-order chi connectivity index (χ1) is 25.2. The van der Waals surface area contributed by atoms with Gasteiger partial charge in [-0.1, -0.05) is 127 Å². The monoisotopic (exact) mass is 652 g/mol. The van der Waals surface area contributed by atoms with Crippen LogP contribution in [-0.4, -0.2) is 19.1 Å². The summed E-state index contributed by atoms with van der Waals surface area (Å²) in [6.07, 6.45) is 0. The maximum absolute atomic E-state index is 5.24. The molecule has 0 spiro atoms. The van der Waals surface area contributed by atoms with Crippen molar-refractivity contribution in [1.82, 2.24) is 19.1 Å². The zero-order chi connectivity index (χ0) is 33.9. The molecule has 0 N–H and O–H groups in total. The van der Waals surface area contributed by atoms with E-state index in [1.165, 1.54) is 38.3 Å². The van der Waals surface area contributed by atoms with Crippen molar-refractivity contribution in [3.05, 3.63) is 181 Å². The quantitative estimate of drug-likeness (QED) is 0.185. The maximum atomic E-state index is 5.24. The van der Waals surface area contributed by atoms with E-state index >= 15 is 0 Å². The lowest BCUT2D eigenvalue weighted by atomic mass is 10.0. The van der Waals surface area contributed by atoms with E-state index in [-0.39, 0.29) is 0 Å². The van der Waals surface area contributed by atoms with Gasteiger partial charge in [-0.15, -0.1) is 0 Å². The Morgan fingerprint density at radius 1 is 0.353 bits per heavy atom. The zero-order valence-corrected chi connectivity index (χ0v) is 28.0. The van der Waals surface area contributed by atoms with Gasteiger partial charge in [-0.05, 0) is 72.6 Å². The van der Waals surface area contributed by atoms with E-state index in [9.17, 15) is 0 Å². The van der Waals surface area contributed by atoms with Crippen molar-refractivity contribution in [2.45, 2.75) is 6.92 Å². The number of fused-ring (bicyclic) bond motifs is 6. The third-order valence-corrected chi connectivity index (χ3v) is 9.99. The van der Waals surface area contributed by atoms with Crippen molar-refractivity contribution in [2.75, 3.05) is 0 Å². The molecule has 4 nitrogen and oxygen atoms in total. The van der Waals surface area contributed by atoms with Gasteiger partial charge in [0, 0.05) is 38.4 Å². The lowest BCUT2D eigenvalue weighted by Gasteiger charge is -2.12. The molecular weight excluding hydrogens is 621 g/mol. The number of para-hydroxylation sites is 3. The summed E-state index contributed by atoms with van der Waals surface area (Å²) < 4.78 is 4.60. The first kappa shape index (κ1) is 29.2. The topological polar surface area (TPSA) is 35.6 Å². The van der Waals surface area contributed by atoms with Crippen LogP contribution in [0.4, 0.5) is 0 Å². The molecule has 0 aliphatic carbocycles. The molecule has 0 bridgehead atoms. The molecule has 3 aromatic heterocycles. The molecule has 4 heteroatoms. The Balaban J connectivity index is 1.18. The van der Waals surface area contributed by atoms with Crippen LogP contribution in [0, 0.1) is 6.92 Å². The fourth-order valence-electron chi connectivity index (χ4n) is 7.62. The molecule has 0 fully saturated rings. The van der Waals surface area contributed by atoms with Gasteiger partial charge in [0.05, 0.1) is 33.5 Å². The van der Waals surface area contributed by atoms with Crippen LogP contribution in [0.3, 0.4) is 0 Å². The van der Waals surface area contributed by atoms with Crippen LogP contribution in [0.25, 0.3) is 88.9 Å². The Bertz CT molecular complexity index is 2920. The zero-order valence-electron chi connectivity index (χ0n) is 28.0. The molecule has 0 aliphatic rings. The second-order valence-electron chi connectivity index (χ2n) is 13.2. The van der Waals surface area contributed by atoms with E-state index in [4.69, 9.17) is 9.97 Å². The SMILES string of the molecule is Cc1cccc(-c2cc(-c3ccccc3)nc(-n3c4ccccc4c4cc(-c5ccc6c7ccccc7n(-c7ccccc7)c6c5)ccc43)n2)c1. The van der Waals surface area contributed by atoms with E-state index in [0.717, 1.165) is 50.2 Å². The number of hydrogen-bond acceptors (Lipinski definition) is 2. The Hall–Kier alpha value is -6.78. The Morgan fingerprint density at radius 3 is 1.69 bits per heavy atom. The predicted octanol–water partition coefficient (Wildman–Crippen LogP) is 12.0. The molecule has 0 saturated carbocycles. The summed E-state index contributed by atoms with van der Waals surface area (Å²) in [6, 6.07) is 62.5. The number of hydrogen-bond donors (Lipinski definition) is 0. The molecule has 0 unspecified atom stereocenters. The summed E-state index contributed by atoms with van der Waals surface area (Å²) in [5.41, 5.74) is 13.1. The van der Waals surface area contributed by atoms with Gasteiger partial charge in [-0.2, -0.15) is 0 Å². The van der Waals surface area contributed by atoms with Crippen LogP contribution in [-0.2, 0) is 0 Å². The van der Waals surface area contributed by atoms with Crippen LogP contribution < -0.4 is 0 Å². The van der Waals surface area contributed by atoms with Crippen molar-refractivity contribution in [3.8, 4) is 45.3 Å². The van der Waals surface area contributed by atoms with Crippen molar-refractivity contribution in [3.63, 3.8) is 0 Å². The van der Waals surface area contributed by atoms with E-state index in [2.05, 4.69) is 186 Å². The normalized spacial score (nSPS) is 11.6. The molecule has 7 aromatic carbocycles. The highest BCUT2D eigenvalue weighted by molar-refractivity contribution is 6.12. The van der Waals surface area contributed by atoms with Gasteiger partial charge >= 0.3 is 0 Å². The van der Waals surface area contributed by atoms with Gasteiger partial charge in [-0.25, -0.2) is 9.97 Å².